The van der Waals surface area contributed by atoms with Gasteiger partial charge in [-0.1, -0.05) is 35.9 Å². The van der Waals surface area contributed by atoms with Crippen molar-refractivity contribution >= 4 is 33.3 Å². The average Bonchev–Trinajstić information content (AvgIpc) is 3.12. The van der Waals surface area contributed by atoms with Crippen LogP contribution in [0.2, 0.25) is 5.02 Å². The van der Waals surface area contributed by atoms with Crippen LogP contribution in [-0.2, 0) is 7.05 Å². The van der Waals surface area contributed by atoms with Gasteiger partial charge in [0.15, 0.2) is 5.65 Å². The zero-order valence-electron chi connectivity index (χ0n) is 14.2. The number of fused-ring (bicyclic) bond motifs is 1. The maximum absolute atomic E-state index is 12.9. The van der Waals surface area contributed by atoms with Crippen molar-refractivity contribution in [2.45, 2.75) is 6.92 Å². The summed E-state index contributed by atoms with van der Waals surface area (Å²) in [6, 6.07) is 13.4. The fourth-order valence-electron chi connectivity index (χ4n) is 3.08. The molecule has 26 heavy (non-hydrogen) atoms. The monoisotopic (exact) mass is 382 g/mol. The molecule has 0 radical (unpaired) electrons. The molecule has 2 aromatic heterocycles. The summed E-state index contributed by atoms with van der Waals surface area (Å²) in [5, 5.41) is 11.4. The van der Waals surface area contributed by atoms with Gasteiger partial charge in [0.1, 0.15) is 10.4 Å². The van der Waals surface area contributed by atoms with Crippen LogP contribution in [-0.4, -0.2) is 14.7 Å². The number of aromatic nitrogens is 2. The summed E-state index contributed by atoms with van der Waals surface area (Å²) in [5.41, 5.74) is 5.73. The normalized spacial score (nSPS) is 11.2. The van der Waals surface area contributed by atoms with Crippen LogP contribution in [0.1, 0.15) is 5.56 Å². The summed E-state index contributed by atoms with van der Waals surface area (Å²) in [6.07, 6.45) is 0. The number of benzene rings is 2. The summed E-state index contributed by atoms with van der Waals surface area (Å²) in [6.45, 7) is 1.93. The highest BCUT2D eigenvalue weighted by molar-refractivity contribution is 7.17. The highest BCUT2D eigenvalue weighted by atomic mass is 35.5. The zero-order chi connectivity index (χ0) is 18.4. The van der Waals surface area contributed by atoms with Gasteiger partial charge in [0.05, 0.1) is 11.1 Å². The van der Waals surface area contributed by atoms with Crippen molar-refractivity contribution in [3.05, 3.63) is 68.9 Å². The van der Waals surface area contributed by atoms with Crippen LogP contribution in [0.25, 0.3) is 32.6 Å². The van der Waals surface area contributed by atoms with Gasteiger partial charge in [-0.15, -0.1) is 11.3 Å². The first-order valence-electron chi connectivity index (χ1n) is 7.99. The second-order valence-corrected chi connectivity index (χ2v) is 7.42. The second-order valence-electron chi connectivity index (χ2n) is 6.13. The van der Waals surface area contributed by atoms with Gasteiger partial charge < -0.3 is 5.11 Å². The number of aryl methyl sites for hydroxylation is 2. The van der Waals surface area contributed by atoms with E-state index in [4.69, 9.17) is 11.6 Å². The minimum Gasteiger partial charge on any atom is -0.505 e. The molecule has 0 saturated carbocycles. The number of halogens is 1. The summed E-state index contributed by atoms with van der Waals surface area (Å²) >= 11 is 7.29. The Kier molecular flexibility index (Phi) is 4.05. The van der Waals surface area contributed by atoms with Crippen molar-refractivity contribution in [3.8, 4) is 28.0 Å². The number of thiazole rings is 1. The summed E-state index contributed by atoms with van der Waals surface area (Å²) in [7, 11) is 1.67. The summed E-state index contributed by atoms with van der Waals surface area (Å²) < 4.78 is 2.09. The Bertz CT molecular complexity index is 1190. The van der Waals surface area contributed by atoms with Gasteiger partial charge in [-0.2, -0.15) is 0 Å². The first-order chi connectivity index (χ1) is 12.5. The fourth-order valence-corrected chi connectivity index (χ4v) is 3.97. The van der Waals surface area contributed by atoms with Crippen molar-refractivity contribution in [3.63, 3.8) is 0 Å². The lowest BCUT2D eigenvalue weighted by Crippen LogP contribution is -2.19. The van der Waals surface area contributed by atoms with Gasteiger partial charge in [0.2, 0.25) is 0 Å². The quantitative estimate of drug-likeness (QED) is 0.531. The number of hydrogen-bond donors (Lipinski definition) is 1. The molecule has 0 aliphatic carbocycles. The number of aromatic hydroxyl groups is 1. The maximum Gasteiger partial charge on any atom is 0.263 e. The van der Waals surface area contributed by atoms with E-state index in [0.717, 1.165) is 16.7 Å². The van der Waals surface area contributed by atoms with Crippen LogP contribution >= 0.6 is 22.9 Å². The molecular weight excluding hydrogens is 368 g/mol. The molecule has 0 spiro atoms. The number of rotatable bonds is 2. The molecule has 0 unspecified atom stereocenters. The van der Waals surface area contributed by atoms with E-state index in [2.05, 4.69) is 4.98 Å². The van der Waals surface area contributed by atoms with Gasteiger partial charge in [-0.25, -0.2) is 4.98 Å². The predicted molar refractivity (Wildman–Crippen MR) is 107 cm³/mol. The molecule has 0 bridgehead atoms. The Morgan fingerprint density at radius 2 is 1.81 bits per heavy atom. The van der Waals surface area contributed by atoms with Crippen LogP contribution in [0.3, 0.4) is 0 Å². The van der Waals surface area contributed by atoms with Crippen molar-refractivity contribution < 1.29 is 5.11 Å². The fraction of sp³-hybridized carbons (Fsp3) is 0.100. The highest BCUT2D eigenvalue weighted by Crippen LogP contribution is 2.37. The van der Waals surface area contributed by atoms with E-state index in [1.54, 1.807) is 12.6 Å². The molecule has 1 N–H and O–H groups in total. The Morgan fingerprint density at radius 3 is 2.54 bits per heavy atom. The standard InChI is InChI=1S/C20H15ClN2O2S/c1-11-3-4-13(12-5-7-14(21)8-6-12)9-15(11)16-17(24)18-19(22-10-26-18)23(2)20(16)25/h3-10,24H,1-2H3. The number of hydrogen-bond acceptors (Lipinski definition) is 4. The number of pyridine rings is 1. The van der Waals surface area contributed by atoms with E-state index in [0.29, 0.717) is 26.5 Å². The van der Waals surface area contributed by atoms with Crippen LogP contribution in [0.15, 0.2) is 52.8 Å². The Labute approximate surface area is 159 Å². The van der Waals surface area contributed by atoms with Crippen LogP contribution in [0.5, 0.6) is 5.75 Å². The van der Waals surface area contributed by atoms with Gasteiger partial charge in [-0.3, -0.25) is 9.36 Å². The first-order valence-corrected chi connectivity index (χ1v) is 9.25. The zero-order valence-corrected chi connectivity index (χ0v) is 15.7. The average molecular weight is 383 g/mol. The molecule has 0 aliphatic rings. The third kappa shape index (κ3) is 2.60. The molecule has 0 fully saturated rings. The summed E-state index contributed by atoms with van der Waals surface area (Å²) in [4.78, 5) is 17.1. The Balaban J connectivity index is 1.99. The molecule has 0 saturated heterocycles. The van der Waals surface area contributed by atoms with Gasteiger partial charge >= 0.3 is 0 Å². The van der Waals surface area contributed by atoms with Crippen molar-refractivity contribution in [2.75, 3.05) is 0 Å². The van der Waals surface area contributed by atoms with E-state index in [1.165, 1.54) is 15.9 Å². The first kappa shape index (κ1) is 16.8. The third-order valence-corrected chi connectivity index (χ3v) is 5.60. The topological polar surface area (TPSA) is 55.1 Å². The Morgan fingerprint density at radius 1 is 1.12 bits per heavy atom. The molecule has 0 aliphatic heterocycles. The molecule has 130 valence electrons. The van der Waals surface area contributed by atoms with Crippen LogP contribution in [0.4, 0.5) is 0 Å². The number of nitrogens with zero attached hydrogens (tertiary/aromatic N) is 2. The molecule has 4 nitrogen and oxygen atoms in total. The van der Waals surface area contributed by atoms with E-state index in [1.807, 2.05) is 49.4 Å². The van der Waals surface area contributed by atoms with E-state index < -0.39 is 0 Å². The van der Waals surface area contributed by atoms with Crippen molar-refractivity contribution in [1.82, 2.24) is 9.55 Å². The smallest absolute Gasteiger partial charge is 0.263 e. The lowest BCUT2D eigenvalue weighted by molar-refractivity contribution is 0.482. The van der Waals surface area contributed by atoms with E-state index >= 15 is 0 Å². The lowest BCUT2D eigenvalue weighted by atomic mass is 9.95. The Hall–Kier alpha value is -2.63. The molecule has 0 atom stereocenters. The van der Waals surface area contributed by atoms with Gasteiger partial charge in [0, 0.05) is 12.1 Å². The van der Waals surface area contributed by atoms with Crippen LogP contribution in [0, 0.1) is 6.92 Å². The highest BCUT2D eigenvalue weighted by Gasteiger charge is 2.20. The van der Waals surface area contributed by atoms with Crippen molar-refractivity contribution in [1.29, 1.82) is 0 Å². The molecule has 0 amide bonds. The molecule has 6 heteroatoms. The largest absolute Gasteiger partial charge is 0.505 e. The summed E-state index contributed by atoms with van der Waals surface area (Å²) in [5.74, 6) is -0.0121. The molecule has 4 aromatic rings. The molecule has 2 heterocycles. The molecular formula is C20H15ClN2O2S. The third-order valence-electron chi connectivity index (χ3n) is 4.52. The van der Waals surface area contributed by atoms with E-state index in [-0.39, 0.29) is 11.3 Å². The van der Waals surface area contributed by atoms with Crippen LogP contribution < -0.4 is 5.56 Å². The SMILES string of the molecule is Cc1ccc(-c2ccc(Cl)cc2)cc1-c1c(O)c2scnc2n(C)c1=O. The predicted octanol–water partition coefficient (Wildman–Crippen LogP) is 5.00. The van der Waals surface area contributed by atoms with Gasteiger partial charge in [0.25, 0.3) is 5.56 Å². The van der Waals surface area contributed by atoms with Gasteiger partial charge in [-0.05, 0) is 47.4 Å². The molecule has 2 aromatic carbocycles. The van der Waals surface area contributed by atoms with E-state index in [9.17, 15) is 9.90 Å². The van der Waals surface area contributed by atoms with Crippen molar-refractivity contribution in [2.24, 2.45) is 7.05 Å². The minimum absolute atomic E-state index is 0.0121. The minimum atomic E-state index is -0.266. The molecule has 4 rings (SSSR count). The lowest BCUT2D eigenvalue weighted by Gasteiger charge is -2.12. The maximum atomic E-state index is 12.9. The second kappa shape index (κ2) is 6.27.